The maximum absolute atomic E-state index is 4.92. The molecule has 1 aliphatic rings. The van der Waals surface area contributed by atoms with Crippen LogP contribution in [0.3, 0.4) is 0 Å². The van der Waals surface area contributed by atoms with Gasteiger partial charge < -0.3 is 4.90 Å². The first-order chi connectivity index (χ1) is 16.8. The number of nitrogens with one attached hydrogen (secondary N) is 1. The van der Waals surface area contributed by atoms with Crippen molar-refractivity contribution in [1.29, 1.82) is 0 Å². The summed E-state index contributed by atoms with van der Waals surface area (Å²) in [6.07, 6.45) is 5.67. The average Bonchev–Trinajstić information content (AvgIpc) is 3.45. The van der Waals surface area contributed by atoms with E-state index >= 15 is 0 Å². The van der Waals surface area contributed by atoms with Crippen LogP contribution >= 0.6 is 0 Å². The topological polar surface area (TPSA) is 60.9 Å². The van der Waals surface area contributed by atoms with Crippen molar-refractivity contribution in [3.8, 4) is 22.4 Å². The number of anilines is 1. The normalized spacial score (nSPS) is 14.5. The van der Waals surface area contributed by atoms with E-state index < -0.39 is 0 Å². The van der Waals surface area contributed by atoms with E-state index in [1.54, 1.807) is 0 Å². The molecule has 0 aliphatic carbocycles. The molecular weight excluding hydrogens is 420 g/mol. The van der Waals surface area contributed by atoms with E-state index in [1.165, 1.54) is 5.56 Å². The van der Waals surface area contributed by atoms with Crippen LogP contribution in [-0.4, -0.2) is 51.2 Å². The summed E-state index contributed by atoms with van der Waals surface area (Å²) in [6.45, 7) is 5.08. The van der Waals surface area contributed by atoms with Crippen LogP contribution in [0, 0.1) is 0 Å². The van der Waals surface area contributed by atoms with Gasteiger partial charge in [0.1, 0.15) is 5.82 Å². The lowest BCUT2D eigenvalue weighted by atomic mass is 10.1. The molecule has 6 rings (SSSR count). The van der Waals surface area contributed by atoms with Gasteiger partial charge in [0, 0.05) is 61.6 Å². The van der Waals surface area contributed by atoms with E-state index in [2.05, 4.69) is 92.8 Å². The molecule has 1 N–H and O–H groups in total. The molecule has 0 unspecified atom stereocenters. The van der Waals surface area contributed by atoms with E-state index in [-0.39, 0.29) is 0 Å². The van der Waals surface area contributed by atoms with Gasteiger partial charge >= 0.3 is 0 Å². The van der Waals surface area contributed by atoms with Gasteiger partial charge in [0.25, 0.3) is 0 Å². The molecule has 3 aromatic heterocycles. The zero-order chi connectivity index (χ0) is 22.7. The van der Waals surface area contributed by atoms with E-state index in [9.17, 15) is 0 Å². The SMILES string of the molecule is c1ccc(CN2CCN(c3ccc(-c4ccc5ccc(-c6cn[nH]c6)cc5n4)cn3)CC2)cc1. The Kier molecular flexibility index (Phi) is 5.49. The summed E-state index contributed by atoms with van der Waals surface area (Å²) in [6, 6.07) is 25.5. The third kappa shape index (κ3) is 4.28. The van der Waals surface area contributed by atoms with Crippen LogP contribution in [0.5, 0.6) is 0 Å². The first-order valence-corrected chi connectivity index (χ1v) is 11.7. The average molecular weight is 447 g/mol. The molecular formula is C28H26N6. The number of piperazine rings is 1. The molecule has 0 atom stereocenters. The van der Waals surface area contributed by atoms with Crippen molar-refractivity contribution >= 4 is 16.7 Å². The highest BCUT2D eigenvalue weighted by Crippen LogP contribution is 2.26. The molecule has 6 nitrogen and oxygen atoms in total. The molecule has 0 saturated carbocycles. The predicted molar refractivity (Wildman–Crippen MR) is 136 cm³/mol. The molecule has 6 heteroatoms. The van der Waals surface area contributed by atoms with Crippen molar-refractivity contribution in [2.45, 2.75) is 6.54 Å². The third-order valence-corrected chi connectivity index (χ3v) is 6.51. The third-order valence-electron chi connectivity index (χ3n) is 6.51. The molecule has 5 aromatic rings. The minimum absolute atomic E-state index is 0.934. The fraction of sp³-hybridized carbons (Fsp3) is 0.179. The van der Waals surface area contributed by atoms with Crippen LogP contribution in [0.4, 0.5) is 5.82 Å². The highest BCUT2D eigenvalue weighted by Gasteiger charge is 2.18. The summed E-state index contributed by atoms with van der Waals surface area (Å²) in [4.78, 5) is 14.6. The van der Waals surface area contributed by atoms with Crippen molar-refractivity contribution in [3.05, 3.63) is 97.0 Å². The van der Waals surface area contributed by atoms with Gasteiger partial charge in [0.15, 0.2) is 0 Å². The fourth-order valence-electron chi connectivity index (χ4n) is 4.57. The van der Waals surface area contributed by atoms with Gasteiger partial charge in [-0.1, -0.05) is 48.5 Å². The number of H-pyrrole nitrogens is 1. The summed E-state index contributed by atoms with van der Waals surface area (Å²) in [5.41, 5.74) is 6.47. The van der Waals surface area contributed by atoms with Crippen LogP contribution in [0.25, 0.3) is 33.3 Å². The minimum atomic E-state index is 0.934. The molecule has 1 aliphatic heterocycles. The molecule has 1 fully saturated rings. The number of fused-ring (bicyclic) bond motifs is 1. The molecule has 0 spiro atoms. The van der Waals surface area contributed by atoms with Gasteiger partial charge in [-0.05, 0) is 35.4 Å². The van der Waals surface area contributed by atoms with Crippen molar-refractivity contribution in [1.82, 2.24) is 25.1 Å². The molecule has 168 valence electrons. The molecule has 4 heterocycles. The Labute approximate surface area is 198 Å². The van der Waals surface area contributed by atoms with Gasteiger partial charge in [-0.3, -0.25) is 10.00 Å². The summed E-state index contributed by atoms with van der Waals surface area (Å²) in [5.74, 6) is 1.03. The highest BCUT2D eigenvalue weighted by atomic mass is 15.3. The Hall–Kier alpha value is -4.03. The molecule has 0 amide bonds. The van der Waals surface area contributed by atoms with Gasteiger partial charge in [-0.2, -0.15) is 5.10 Å². The Morgan fingerprint density at radius 3 is 2.35 bits per heavy atom. The lowest BCUT2D eigenvalue weighted by Gasteiger charge is -2.35. The van der Waals surface area contributed by atoms with Crippen molar-refractivity contribution < 1.29 is 0 Å². The minimum Gasteiger partial charge on any atom is -0.354 e. The molecule has 0 radical (unpaired) electrons. The maximum atomic E-state index is 4.92. The predicted octanol–water partition coefficient (Wildman–Crippen LogP) is 5.01. The number of nitrogens with zero attached hydrogens (tertiary/aromatic N) is 5. The summed E-state index contributed by atoms with van der Waals surface area (Å²) >= 11 is 0. The van der Waals surface area contributed by atoms with E-state index in [0.29, 0.717) is 0 Å². The standard InChI is InChI=1S/C28H26N6/c1-2-4-21(5-3-1)20-33-12-14-34(15-13-33)28-11-9-24(17-29-28)26-10-8-22-6-7-23(16-27(22)32-26)25-18-30-31-19-25/h1-11,16-19H,12-15,20H2,(H,30,31). The maximum Gasteiger partial charge on any atom is 0.128 e. The monoisotopic (exact) mass is 446 g/mol. The molecule has 0 bridgehead atoms. The quantitative estimate of drug-likeness (QED) is 0.411. The Balaban J connectivity index is 1.15. The van der Waals surface area contributed by atoms with Crippen molar-refractivity contribution in [2.24, 2.45) is 0 Å². The number of pyridine rings is 2. The zero-order valence-corrected chi connectivity index (χ0v) is 18.9. The first kappa shape index (κ1) is 20.6. The number of hydrogen-bond donors (Lipinski definition) is 1. The Morgan fingerprint density at radius 2 is 1.59 bits per heavy atom. The van der Waals surface area contributed by atoms with Crippen LogP contribution in [-0.2, 0) is 6.54 Å². The highest BCUT2D eigenvalue weighted by molar-refractivity contribution is 5.86. The number of aromatic amines is 1. The van der Waals surface area contributed by atoms with Gasteiger partial charge in [0.05, 0.1) is 17.4 Å². The van der Waals surface area contributed by atoms with E-state index in [1.807, 2.05) is 18.6 Å². The Morgan fingerprint density at radius 1 is 0.765 bits per heavy atom. The van der Waals surface area contributed by atoms with E-state index in [0.717, 1.165) is 71.8 Å². The molecule has 1 saturated heterocycles. The number of hydrogen-bond acceptors (Lipinski definition) is 5. The largest absolute Gasteiger partial charge is 0.354 e. The number of aromatic nitrogens is 4. The van der Waals surface area contributed by atoms with Gasteiger partial charge in [-0.25, -0.2) is 9.97 Å². The number of rotatable bonds is 5. The smallest absolute Gasteiger partial charge is 0.128 e. The lowest BCUT2D eigenvalue weighted by Crippen LogP contribution is -2.46. The summed E-state index contributed by atoms with van der Waals surface area (Å²) in [7, 11) is 0. The van der Waals surface area contributed by atoms with Crippen molar-refractivity contribution in [3.63, 3.8) is 0 Å². The summed E-state index contributed by atoms with van der Waals surface area (Å²) < 4.78 is 0. The van der Waals surface area contributed by atoms with Crippen LogP contribution < -0.4 is 4.90 Å². The summed E-state index contributed by atoms with van der Waals surface area (Å²) in [5, 5.41) is 8.05. The van der Waals surface area contributed by atoms with Crippen LogP contribution in [0.15, 0.2) is 91.4 Å². The van der Waals surface area contributed by atoms with Crippen molar-refractivity contribution in [2.75, 3.05) is 31.1 Å². The van der Waals surface area contributed by atoms with E-state index in [4.69, 9.17) is 9.97 Å². The second-order valence-electron chi connectivity index (χ2n) is 8.74. The second-order valence-corrected chi connectivity index (χ2v) is 8.74. The number of benzene rings is 2. The van der Waals surface area contributed by atoms with Crippen LogP contribution in [0.1, 0.15) is 5.56 Å². The second kappa shape index (κ2) is 9.08. The molecule has 34 heavy (non-hydrogen) atoms. The fourth-order valence-corrected chi connectivity index (χ4v) is 4.57. The zero-order valence-electron chi connectivity index (χ0n) is 18.9. The van der Waals surface area contributed by atoms with Crippen LogP contribution in [0.2, 0.25) is 0 Å². The lowest BCUT2D eigenvalue weighted by molar-refractivity contribution is 0.249. The molecule has 2 aromatic carbocycles. The van der Waals surface area contributed by atoms with Gasteiger partial charge in [0.2, 0.25) is 0 Å². The van der Waals surface area contributed by atoms with Gasteiger partial charge in [-0.15, -0.1) is 0 Å². The first-order valence-electron chi connectivity index (χ1n) is 11.7. The Bertz CT molecular complexity index is 1370.